The lowest BCUT2D eigenvalue weighted by molar-refractivity contribution is 0.482. The van der Waals surface area contributed by atoms with Gasteiger partial charge in [0.2, 0.25) is 0 Å². The van der Waals surface area contributed by atoms with Gasteiger partial charge in [0.1, 0.15) is 22.5 Å². The normalized spacial score (nSPS) is 13.8. The van der Waals surface area contributed by atoms with E-state index in [2.05, 4.69) is 203 Å². The van der Waals surface area contributed by atoms with E-state index in [0.717, 1.165) is 50.7 Å². The first kappa shape index (κ1) is 39.2. The van der Waals surface area contributed by atoms with Gasteiger partial charge in [-0.25, -0.2) is 0 Å². The maximum absolute atomic E-state index is 7.08. The smallest absolute Gasteiger partial charge is 0.253 e. The molecular weight excluding hydrogens is 739 g/mol. The Morgan fingerprint density at radius 1 is 0.475 bits per heavy atom. The summed E-state index contributed by atoms with van der Waals surface area (Å²) in [4.78, 5) is 6.59. The molecule has 5 nitrogen and oxygen atoms in total. The maximum Gasteiger partial charge on any atom is 0.253 e. The number of hydrogen-bond acceptors (Lipinski definition) is 5. The van der Waals surface area contributed by atoms with Crippen LogP contribution in [0.1, 0.15) is 105 Å². The number of hydrogen-bond donors (Lipinski definition) is 0. The highest BCUT2D eigenvalue weighted by Crippen LogP contribution is 2.43. The van der Waals surface area contributed by atoms with E-state index in [9.17, 15) is 0 Å². The predicted octanol–water partition coefficient (Wildman–Crippen LogP) is 12.2. The largest absolute Gasteiger partial charge is 0.458 e. The molecule has 7 aromatic rings. The molecule has 2 aliphatic rings. The second kappa shape index (κ2) is 13.6. The monoisotopic (exact) mass is 794 g/mol. The first-order chi connectivity index (χ1) is 27.7. The molecule has 7 heteroatoms. The molecule has 0 amide bonds. The lowest BCUT2D eigenvalue weighted by Gasteiger charge is -2.35. The number of fused-ring (bicyclic) bond motifs is 5. The van der Waals surface area contributed by atoms with Gasteiger partial charge in [-0.05, 0) is 122 Å². The molecule has 0 saturated heterocycles. The molecule has 3 heterocycles. The Bertz CT molecular complexity index is 2680. The van der Waals surface area contributed by atoms with Gasteiger partial charge in [-0.2, -0.15) is 4.80 Å². The van der Waals surface area contributed by atoms with Crippen LogP contribution in [0.4, 0.5) is 17.1 Å². The minimum Gasteiger partial charge on any atom is -0.458 e. The second-order valence-electron chi connectivity index (χ2n) is 20.6. The van der Waals surface area contributed by atoms with Crippen molar-refractivity contribution in [2.24, 2.45) is 0 Å². The molecule has 6 aromatic carbocycles. The van der Waals surface area contributed by atoms with E-state index in [1.807, 2.05) is 11.8 Å². The molecule has 0 bridgehead atoms. The van der Waals surface area contributed by atoms with E-state index in [4.69, 9.17) is 14.9 Å². The fraction of sp³-hybridized carbons (Fsp3) is 0.308. The number of aromatic nitrogens is 3. The van der Waals surface area contributed by atoms with Crippen molar-refractivity contribution in [1.82, 2.24) is 15.0 Å². The van der Waals surface area contributed by atoms with Gasteiger partial charge in [-0.1, -0.05) is 143 Å². The minimum absolute atomic E-state index is 0.0192. The van der Waals surface area contributed by atoms with Gasteiger partial charge in [0.25, 0.3) is 6.71 Å². The van der Waals surface area contributed by atoms with E-state index >= 15 is 0 Å². The predicted molar refractivity (Wildman–Crippen MR) is 250 cm³/mol. The van der Waals surface area contributed by atoms with E-state index < -0.39 is 0 Å². The minimum atomic E-state index is -0.0578. The third kappa shape index (κ3) is 7.16. The molecule has 59 heavy (non-hydrogen) atoms. The quantitative estimate of drug-likeness (QED) is 0.166. The van der Waals surface area contributed by atoms with Gasteiger partial charge in [-0.3, -0.25) is 0 Å². The van der Waals surface area contributed by atoms with Crippen molar-refractivity contribution >= 4 is 63.0 Å². The van der Waals surface area contributed by atoms with Crippen LogP contribution in [0.3, 0.4) is 0 Å². The summed E-state index contributed by atoms with van der Waals surface area (Å²) in [7, 11) is 0. The van der Waals surface area contributed by atoms with Crippen LogP contribution in [-0.4, -0.2) is 21.7 Å². The Kier molecular flexibility index (Phi) is 9.06. The van der Waals surface area contributed by atoms with E-state index in [0.29, 0.717) is 0 Å². The summed E-state index contributed by atoms with van der Waals surface area (Å²) in [6.45, 7) is 27.1. The molecular formula is C52H55BN4OS. The lowest BCUT2D eigenvalue weighted by Crippen LogP contribution is -2.57. The Morgan fingerprint density at radius 3 is 1.49 bits per heavy atom. The molecule has 0 N–H and O–H groups in total. The van der Waals surface area contributed by atoms with Crippen molar-refractivity contribution in [2.75, 3.05) is 4.90 Å². The first-order valence-corrected chi connectivity index (χ1v) is 21.8. The molecule has 2 aliphatic heterocycles. The van der Waals surface area contributed by atoms with E-state index in [1.165, 1.54) is 43.0 Å². The van der Waals surface area contributed by atoms with Crippen LogP contribution in [0, 0.1) is 0 Å². The summed E-state index contributed by atoms with van der Waals surface area (Å²) in [5.74, 6) is 1.80. The maximum atomic E-state index is 7.08. The van der Waals surface area contributed by atoms with Gasteiger partial charge in [-0.15, -0.1) is 10.2 Å². The molecule has 0 saturated carbocycles. The Morgan fingerprint density at radius 2 is 0.966 bits per heavy atom. The zero-order valence-electron chi connectivity index (χ0n) is 36.7. The number of rotatable bonds is 4. The summed E-state index contributed by atoms with van der Waals surface area (Å²) < 4.78 is 7.08. The van der Waals surface area contributed by atoms with Crippen molar-refractivity contribution in [2.45, 2.75) is 115 Å². The van der Waals surface area contributed by atoms with Crippen LogP contribution in [0.5, 0.6) is 11.5 Å². The van der Waals surface area contributed by atoms with E-state index in [1.54, 1.807) is 4.80 Å². The molecule has 298 valence electrons. The van der Waals surface area contributed by atoms with Crippen LogP contribution >= 0.6 is 11.8 Å². The van der Waals surface area contributed by atoms with Crippen molar-refractivity contribution in [3.05, 3.63) is 138 Å². The van der Waals surface area contributed by atoms with Gasteiger partial charge in [0, 0.05) is 32.9 Å². The molecule has 0 fully saturated rings. The van der Waals surface area contributed by atoms with Gasteiger partial charge in [0.15, 0.2) is 0 Å². The standard InChI is InChI=1S/C52H55BN4OS/c1-49(2,3)32-13-19-36(20-14-32)56(37-21-15-33(16-22-37)50(4,5)6)39-25-26-40-44(29-39)58-45-27-35(52(10,11)12)28-47-48(45)53(40)41-30-42-43(31-46(41)59-47)55-57(54-42)38-23-17-34(18-24-38)51(7,8)9/h13-31H,1-12H3. The fourth-order valence-electron chi connectivity index (χ4n) is 8.34. The summed E-state index contributed by atoms with van der Waals surface area (Å²) in [5, 5.41) is 10.1. The third-order valence-corrected chi connectivity index (χ3v) is 13.2. The highest BCUT2D eigenvalue weighted by atomic mass is 32.2. The molecule has 9 rings (SSSR count). The number of nitrogens with zero attached hydrogens (tertiary/aromatic N) is 4. The van der Waals surface area contributed by atoms with Gasteiger partial charge < -0.3 is 9.64 Å². The van der Waals surface area contributed by atoms with E-state index in [-0.39, 0.29) is 28.4 Å². The van der Waals surface area contributed by atoms with Gasteiger partial charge in [0.05, 0.1) is 5.69 Å². The summed E-state index contributed by atoms with van der Waals surface area (Å²) >= 11 is 1.82. The molecule has 0 spiro atoms. The first-order valence-electron chi connectivity index (χ1n) is 20.9. The van der Waals surface area contributed by atoms with Crippen LogP contribution < -0.4 is 26.0 Å². The third-order valence-electron chi connectivity index (χ3n) is 12.0. The van der Waals surface area contributed by atoms with Crippen LogP contribution in [0.2, 0.25) is 0 Å². The Hall–Kier alpha value is -5.27. The molecule has 0 aliphatic carbocycles. The average molecular weight is 795 g/mol. The Balaban J connectivity index is 1.19. The van der Waals surface area contributed by atoms with Gasteiger partial charge >= 0.3 is 0 Å². The van der Waals surface area contributed by atoms with Crippen molar-refractivity contribution in [3.63, 3.8) is 0 Å². The zero-order chi connectivity index (χ0) is 41.8. The van der Waals surface area contributed by atoms with Crippen LogP contribution in [0.25, 0.3) is 16.7 Å². The fourth-order valence-corrected chi connectivity index (χ4v) is 9.56. The van der Waals surface area contributed by atoms with Crippen LogP contribution in [0.15, 0.2) is 125 Å². The van der Waals surface area contributed by atoms with Crippen molar-refractivity contribution in [3.8, 4) is 17.2 Å². The average Bonchev–Trinajstić information content (AvgIpc) is 3.59. The van der Waals surface area contributed by atoms with Crippen molar-refractivity contribution in [1.29, 1.82) is 0 Å². The molecule has 0 unspecified atom stereocenters. The number of benzene rings is 6. The number of anilines is 3. The SMILES string of the molecule is CC(C)(C)c1ccc(N(c2ccc(C(C)(C)C)cc2)c2ccc3c(c2)Oc2cc(C(C)(C)C)cc4c2B3c2cc3nn(-c5ccc(C(C)(C)C)cc5)nc3cc2S4)cc1. The summed E-state index contributed by atoms with van der Waals surface area (Å²) in [6.07, 6.45) is 0. The zero-order valence-corrected chi connectivity index (χ0v) is 37.5. The molecule has 0 atom stereocenters. The lowest BCUT2D eigenvalue weighted by atomic mass is 9.35. The molecule has 0 radical (unpaired) electrons. The second-order valence-corrected chi connectivity index (χ2v) is 21.7. The summed E-state index contributed by atoms with van der Waals surface area (Å²) in [5.41, 5.74) is 14.9. The van der Waals surface area contributed by atoms with Crippen molar-refractivity contribution < 1.29 is 4.74 Å². The summed E-state index contributed by atoms with van der Waals surface area (Å²) in [6, 6.07) is 42.6. The Labute approximate surface area is 355 Å². The highest BCUT2D eigenvalue weighted by Gasteiger charge is 2.41. The van der Waals surface area contributed by atoms with Crippen LogP contribution in [-0.2, 0) is 21.7 Å². The number of ether oxygens (including phenoxy) is 1. The molecule has 1 aromatic heterocycles. The highest BCUT2D eigenvalue weighted by molar-refractivity contribution is 8.00. The topological polar surface area (TPSA) is 43.2 Å².